The van der Waals surface area contributed by atoms with Gasteiger partial charge in [0.05, 0.1) is 11.5 Å². The van der Waals surface area contributed by atoms with Gasteiger partial charge in [-0.05, 0) is 12.5 Å². The molecule has 0 bridgehead atoms. The number of benzene rings is 1. The van der Waals surface area contributed by atoms with E-state index < -0.39 is 10.7 Å². The molecule has 15 heavy (non-hydrogen) atoms. The lowest BCUT2D eigenvalue weighted by Crippen LogP contribution is -2.02. The fraction of sp³-hybridized carbons (Fsp3) is 0.333. The third-order valence-corrected chi connectivity index (χ3v) is 2.15. The highest BCUT2D eigenvalue weighted by molar-refractivity contribution is 5.70. The van der Waals surface area contributed by atoms with Gasteiger partial charge < -0.3 is 10.1 Å². The second kappa shape index (κ2) is 3.72. The van der Waals surface area contributed by atoms with Crippen LogP contribution >= 0.6 is 0 Å². The maximum absolute atomic E-state index is 13.3. The molecule has 1 aliphatic heterocycles. The van der Waals surface area contributed by atoms with E-state index in [-0.39, 0.29) is 17.1 Å². The number of hydrogen-bond acceptors (Lipinski definition) is 4. The Bertz CT molecular complexity index is 409. The molecular formula is C9H9FN2O3. The molecule has 1 N–H and O–H groups in total. The summed E-state index contributed by atoms with van der Waals surface area (Å²) >= 11 is 0. The number of fused-ring (bicyclic) bond motifs is 1. The summed E-state index contributed by atoms with van der Waals surface area (Å²) in [5.41, 5.74) is -0.0224. The van der Waals surface area contributed by atoms with Crippen LogP contribution in [-0.2, 0) is 0 Å². The average Bonchev–Trinajstić information content (AvgIpc) is 2.43. The quantitative estimate of drug-likeness (QED) is 0.570. The first-order chi connectivity index (χ1) is 7.20. The summed E-state index contributed by atoms with van der Waals surface area (Å²) in [7, 11) is 0. The van der Waals surface area contributed by atoms with Gasteiger partial charge in [-0.15, -0.1) is 0 Å². The average molecular weight is 212 g/mol. The third kappa shape index (κ3) is 1.70. The minimum atomic E-state index is -0.579. The second-order valence-electron chi connectivity index (χ2n) is 3.16. The first-order valence-corrected chi connectivity index (χ1v) is 4.53. The maximum Gasteiger partial charge on any atom is 0.296 e. The van der Waals surface area contributed by atoms with Crippen molar-refractivity contribution in [3.63, 3.8) is 0 Å². The Labute approximate surface area is 85.0 Å². The van der Waals surface area contributed by atoms with Gasteiger partial charge in [-0.3, -0.25) is 10.1 Å². The van der Waals surface area contributed by atoms with Gasteiger partial charge in [0, 0.05) is 12.6 Å². The van der Waals surface area contributed by atoms with Crippen LogP contribution in [0.2, 0.25) is 0 Å². The van der Waals surface area contributed by atoms with Crippen molar-refractivity contribution in [1.29, 1.82) is 0 Å². The fourth-order valence-corrected chi connectivity index (χ4v) is 1.47. The smallest absolute Gasteiger partial charge is 0.296 e. The van der Waals surface area contributed by atoms with Gasteiger partial charge in [0.25, 0.3) is 5.69 Å². The van der Waals surface area contributed by atoms with Crippen LogP contribution in [0.3, 0.4) is 0 Å². The molecule has 0 spiro atoms. The molecule has 5 nitrogen and oxygen atoms in total. The van der Waals surface area contributed by atoms with Gasteiger partial charge in [0.2, 0.25) is 0 Å². The van der Waals surface area contributed by atoms with E-state index in [4.69, 9.17) is 4.74 Å². The van der Waals surface area contributed by atoms with Gasteiger partial charge in [-0.1, -0.05) is 0 Å². The minimum absolute atomic E-state index is 0.0540. The molecule has 1 heterocycles. The number of ether oxygens (including phenoxy) is 1. The number of halogens is 1. The van der Waals surface area contributed by atoms with Crippen molar-refractivity contribution in [3.05, 3.63) is 28.1 Å². The molecular weight excluding hydrogens is 203 g/mol. The molecule has 0 radical (unpaired) electrons. The van der Waals surface area contributed by atoms with Crippen LogP contribution in [0.5, 0.6) is 5.75 Å². The summed E-state index contributed by atoms with van der Waals surface area (Å²) in [5, 5.41) is 13.5. The Hall–Kier alpha value is -1.85. The SMILES string of the molecule is O=[N+]([O-])c1ccc(F)c2c1NCCCO2. The summed E-state index contributed by atoms with van der Waals surface area (Å²) in [5.74, 6) is -0.633. The summed E-state index contributed by atoms with van der Waals surface area (Å²) in [6.07, 6.45) is 0.686. The van der Waals surface area contributed by atoms with Crippen LogP contribution in [0.25, 0.3) is 0 Å². The first kappa shape index (κ1) is 9.70. The molecule has 0 saturated heterocycles. The largest absolute Gasteiger partial charge is 0.488 e. The van der Waals surface area contributed by atoms with Crippen LogP contribution in [-0.4, -0.2) is 18.1 Å². The zero-order chi connectivity index (χ0) is 10.8. The molecule has 0 aromatic heterocycles. The number of nitrogens with one attached hydrogen (secondary N) is 1. The van der Waals surface area contributed by atoms with Crippen LogP contribution in [0.15, 0.2) is 12.1 Å². The first-order valence-electron chi connectivity index (χ1n) is 4.53. The van der Waals surface area contributed by atoms with E-state index in [2.05, 4.69) is 5.32 Å². The fourth-order valence-electron chi connectivity index (χ4n) is 1.47. The molecule has 1 aromatic rings. The van der Waals surface area contributed by atoms with Crippen molar-refractivity contribution < 1.29 is 14.1 Å². The summed E-state index contributed by atoms with van der Waals surface area (Å²) in [6, 6.07) is 2.18. The number of anilines is 1. The molecule has 0 saturated carbocycles. The zero-order valence-electron chi connectivity index (χ0n) is 7.83. The number of rotatable bonds is 1. The van der Waals surface area contributed by atoms with Crippen LogP contribution in [0.4, 0.5) is 15.8 Å². The van der Waals surface area contributed by atoms with Crippen molar-refractivity contribution >= 4 is 11.4 Å². The topological polar surface area (TPSA) is 64.4 Å². The van der Waals surface area contributed by atoms with Crippen LogP contribution in [0.1, 0.15) is 6.42 Å². The molecule has 1 aromatic carbocycles. The normalized spacial score (nSPS) is 14.5. The van der Waals surface area contributed by atoms with E-state index in [9.17, 15) is 14.5 Å². The molecule has 6 heteroatoms. The molecule has 0 aliphatic carbocycles. The number of nitro groups is 1. The van der Waals surface area contributed by atoms with Gasteiger partial charge in [0.1, 0.15) is 0 Å². The minimum Gasteiger partial charge on any atom is -0.488 e. The van der Waals surface area contributed by atoms with E-state index >= 15 is 0 Å². The van der Waals surface area contributed by atoms with Crippen molar-refractivity contribution in [2.45, 2.75) is 6.42 Å². The Balaban J connectivity index is 2.56. The van der Waals surface area contributed by atoms with Crippen LogP contribution < -0.4 is 10.1 Å². The van der Waals surface area contributed by atoms with Crippen molar-refractivity contribution in [1.82, 2.24) is 0 Å². The third-order valence-electron chi connectivity index (χ3n) is 2.15. The van der Waals surface area contributed by atoms with E-state index in [1.54, 1.807) is 0 Å². The van der Waals surface area contributed by atoms with Gasteiger partial charge in [-0.2, -0.15) is 0 Å². The highest BCUT2D eigenvalue weighted by Crippen LogP contribution is 2.37. The molecule has 0 fully saturated rings. The molecule has 0 unspecified atom stereocenters. The monoisotopic (exact) mass is 212 g/mol. The van der Waals surface area contributed by atoms with Gasteiger partial charge in [0.15, 0.2) is 17.3 Å². The molecule has 2 rings (SSSR count). The number of nitrogens with zero attached hydrogens (tertiary/aromatic N) is 1. The number of hydrogen-bond donors (Lipinski definition) is 1. The van der Waals surface area contributed by atoms with E-state index in [1.807, 2.05) is 0 Å². The predicted octanol–water partition coefficient (Wildman–Crippen LogP) is 1.93. The zero-order valence-corrected chi connectivity index (χ0v) is 7.83. The van der Waals surface area contributed by atoms with Gasteiger partial charge in [-0.25, -0.2) is 4.39 Å². The van der Waals surface area contributed by atoms with Crippen molar-refractivity contribution in [3.8, 4) is 5.75 Å². The van der Waals surface area contributed by atoms with Crippen LogP contribution in [0, 0.1) is 15.9 Å². The Morgan fingerprint density at radius 2 is 2.33 bits per heavy atom. The lowest BCUT2D eigenvalue weighted by atomic mass is 10.2. The number of nitro benzene ring substituents is 1. The summed E-state index contributed by atoms with van der Waals surface area (Å²) in [6.45, 7) is 0.898. The van der Waals surface area contributed by atoms with Crippen molar-refractivity contribution in [2.24, 2.45) is 0 Å². The van der Waals surface area contributed by atoms with E-state index in [1.165, 1.54) is 0 Å². The second-order valence-corrected chi connectivity index (χ2v) is 3.16. The Morgan fingerprint density at radius 1 is 1.53 bits per heavy atom. The maximum atomic E-state index is 13.3. The lowest BCUT2D eigenvalue weighted by Gasteiger charge is -2.08. The van der Waals surface area contributed by atoms with Crippen molar-refractivity contribution in [2.75, 3.05) is 18.5 Å². The van der Waals surface area contributed by atoms with E-state index in [0.717, 1.165) is 12.1 Å². The molecule has 1 aliphatic rings. The van der Waals surface area contributed by atoms with Gasteiger partial charge >= 0.3 is 0 Å². The lowest BCUT2D eigenvalue weighted by molar-refractivity contribution is -0.384. The predicted molar refractivity (Wildman–Crippen MR) is 51.7 cm³/mol. The van der Waals surface area contributed by atoms with E-state index in [0.29, 0.717) is 19.6 Å². The Kier molecular flexibility index (Phi) is 2.40. The Morgan fingerprint density at radius 3 is 3.07 bits per heavy atom. The standard InChI is InChI=1S/C9H9FN2O3/c10-6-2-3-7(12(13)14)8-9(6)15-5-1-4-11-8/h2-3,11H,1,4-5H2. The summed E-state index contributed by atoms with van der Waals surface area (Å²) in [4.78, 5) is 10.1. The highest BCUT2D eigenvalue weighted by Gasteiger charge is 2.23. The molecule has 0 atom stereocenters. The summed E-state index contributed by atoms with van der Waals surface area (Å²) < 4.78 is 18.4. The molecule has 80 valence electrons. The molecule has 0 amide bonds. The highest BCUT2D eigenvalue weighted by atomic mass is 19.1.